The van der Waals surface area contributed by atoms with Gasteiger partial charge in [-0.25, -0.2) is 0 Å². The van der Waals surface area contributed by atoms with Gasteiger partial charge in [0.15, 0.2) is 4.99 Å². The fraction of sp³-hybridized carbons (Fsp3) is 0.467. The molecule has 0 aromatic heterocycles. The maximum atomic E-state index is 12.2. The van der Waals surface area contributed by atoms with Crippen LogP contribution < -0.4 is 10.2 Å². The summed E-state index contributed by atoms with van der Waals surface area (Å²) < 4.78 is 0. The lowest BCUT2D eigenvalue weighted by Crippen LogP contribution is -3.12. The molecule has 0 bridgehead atoms. The van der Waals surface area contributed by atoms with E-state index in [9.17, 15) is 4.79 Å². The summed E-state index contributed by atoms with van der Waals surface area (Å²) in [6.07, 6.45) is 0. The molecule has 108 valence electrons. The summed E-state index contributed by atoms with van der Waals surface area (Å²) in [6, 6.07) is 9.90. The monoisotopic (exact) mass is 292 g/mol. The summed E-state index contributed by atoms with van der Waals surface area (Å²) in [5, 5.41) is 2.98. The van der Waals surface area contributed by atoms with E-state index in [0.29, 0.717) is 4.99 Å². The van der Waals surface area contributed by atoms with Crippen molar-refractivity contribution in [1.29, 1.82) is 0 Å². The summed E-state index contributed by atoms with van der Waals surface area (Å²) >= 11 is 5.31. The third-order valence-electron chi connectivity index (χ3n) is 3.75. The summed E-state index contributed by atoms with van der Waals surface area (Å²) in [6.45, 7) is 5.75. The minimum Gasteiger partial charge on any atom is -0.347 e. The van der Waals surface area contributed by atoms with Crippen molar-refractivity contribution in [3.05, 3.63) is 35.9 Å². The first-order valence-corrected chi connectivity index (χ1v) is 7.45. The van der Waals surface area contributed by atoms with Gasteiger partial charge in [-0.3, -0.25) is 4.79 Å². The summed E-state index contributed by atoms with van der Waals surface area (Å²) in [7, 11) is 2.16. The molecule has 1 heterocycles. The molecule has 1 amide bonds. The highest BCUT2D eigenvalue weighted by Gasteiger charge is 2.24. The number of quaternary nitrogens is 1. The van der Waals surface area contributed by atoms with E-state index in [1.807, 2.05) is 42.2 Å². The first-order chi connectivity index (χ1) is 9.58. The van der Waals surface area contributed by atoms with E-state index >= 15 is 0 Å². The number of likely N-dealkylation sites (N-methyl/N-ethyl adjacent to an activating group) is 1. The van der Waals surface area contributed by atoms with Crippen molar-refractivity contribution in [3.8, 4) is 0 Å². The van der Waals surface area contributed by atoms with Crippen molar-refractivity contribution in [2.24, 2.45) is 0 Å². The zero-order chi connectivity index (χ0) is 14.5. The highest BCUT2D eigenvalue weighted by molar-refractivity contribution is 7.82. The average molecular weight is 292 g/mol. The molecule has 0 spiro atoms. The molecule has 5 heteroatoms. The molecule has 2 N–H and O–H groups in total. The lowest BCUT2D eigenvalue weighted by atomic mass is 10.1. The molecule has 4 nitrogen and oxygen atoms in total. The van der Waals surface area contributed by atoms with Crippen LogP contribution in [0.3, 0.4) is 0 Å². The number of amides is 1. The van der Waals surface area contributed by atoms with Gasteiger partial charge in [0.2, 0.25) is 0 Å². The number of nitrogens with zero attached hydrogens (tertiary/aromatic N) is 1. The summed E-state index contributed by atoms with van der Waals surface area (Å²) in [5.41, 5.74) is 1.09. The maximum Gasteiger partial charge on any atom is 0.279 e. The molecule has 1 fully saturated rings. The van der Waals surface area contributed by atoms with Gasteiger partial charge in [0.25, 0.3) is 5.91 Å². The lowest BCUT2D eigenvalue weighted by Gasteiger charge is -2.31. The fourth-order valence-electron chi connectivity index (χ4n) is 2.32. The van der Waals surface area contributed by atoms with Gasteiger partial charge >= 0.3 is 0 Å². The van der Waals surface area contributed by atoms with Crippen molar-refractivity contribution in [1.82, 2.24) is 10.2 Å². The van der Waals surface area contributed by atoms with Crippen LogP contribution in [-0.4, -0.2) is 49.0 Å². The van der Waals surface area contributed by atoms with Crippen LogP contribution in [-0.2, 0) is 4.79 Å². The van der Waals surface area contributed by atoms with Gasteiger partial charge in [-0.1, -0.05) is 42.5 Å². The van der Waals surface area contributed by atoms with E-state index in [1.54, 1.807) is 0 Å². The molecule has 2 rings (SSSR count). The number of rotatable bonds is 2. The molecule has 1 saturated heterocycles. The first-order valence-electron chi connectivity index (χ1n) is 7.04. The minimum absolute atomic E-state index is 0.0280. The van der Waals surface area contributed by atoms with E-state index < -0.39 is 0 Å². The van der Waals surface area contributed by atoms with Gasteiger partial charge in [-0.15, -0.1) is 0 Å². The summed E-state index contributed by atoms with van der Waals surface area (Å²) in [4.78, 5) is 16.1. The largest absolute Gasteiger partial charge is 0.347 e. The maximum absolute atomic E-state index is 12.2. The predicted molar refractivity (Wildman–Crippen MR) is 83.8 cm³/mol. The highest BCUT2D eigenvalue weighted by atomic mass is 32.1. The minimum atomic E-state index is -0.143. The van der Waals surface area contributed by atoms with Crippen LogP contribution in [0.2, 0.25) is 0 Å². The molecule has 1 aliphatic rings. The SMILES string of the molecule is C[C@@H](NC(=O)C(=S)N1CC[NH+](C)CC1)c1ccccc1. The van der Waals surface area contributed by atoms with Gasteiger partial charge in [0.1, 0.15) is 0 Å². The molecule has 1 aromatic carbocycles. The number of hydrogen-bond donors (Lipinski definition) is 2. The Balaban J connectivity index is 1.90. The zero-order valence-electron chi connectivity index (χ0n) is 12.1. The first kappa shape index (κ1) is 14.9. The zero-order valence-corrected chi connectivity index (χ0v) is 12.9. The third-order valence-corrected chi connectivity index (χ3v) is 4.19. The number of carbonyl (C=O) groups is 1. The second-order valence-corrected chi connectivity index (χ2v) is 5.74. The number of piperazine rings is 1. The van der Waals surface area contributed by atoms with Crippen LogP contribution in [0.5, 0.6) is 0 Å². The Morgan fingerprint density at radius 2 is 1.90 bits per heavy atom. The Labute approximate surface area is 125 Å². The Bertz CT molecular complexity index is 469. The topological polar surface area (TPSA) is 36.8 Å². The Kier molecular flexibility index (Phi) is 5.09. The van der Waals surface area contributed by atoms with Crippen molar-refractivity contribution in [2.45, 2.75) is 13.0 Å². The van der Waals surface area contributed by atoms with Crippen molar-refractivity contribution < 1.29 is 9.69 Å². The highest BCUT2D eigenvalue weighted by Crippen LogP contribution is 2.11. The Morgan fingerprint density at radius 3 is 2.50 bits per heavy atom. The Hall–Kier alpha value is -1.46. The standard InChI is InChI=1S/C15H21N3OS/c1-12(13-6-4-3-5-7-13)16-14(19)15(20)18-10-8-17(2)9-11-18/h3-7,12H,8-11H2,1-2H3,(H,16,19)/p+1/t12-/m1/s1. The molecule has 1 aliphatic heterocycles. The van der Waals surface area contributed by atoms with E-state index in [4.69, 9.17) is 12.2 Å². The second-order valence-electron chi connectivity index (χ2n) is 5.36. The van der Waals surface area contributed by atoms with Crippen LogP contribution in [0.15, 0.2) is 30.3 Å². The van der Waals surface area contributed by atoms with Gasteiger partial charge in [0.05, 0.1) is 39.3 Å². The van der Waals surface area contributed by atoms with E-state index in [2.05, 4.69) is 12.4 Å². The van der Waals surface area contributed by atoms with Crippen LogP contribution >= 0.6 is 12.2 Å². The smallest absolute Gasteiger partial charge is 0.279 e. The van der Waals surface area contributed by atoms with Crippen molar-refractivity contribution >= 4 is 23.1 Å². The molecular formula is C15H22N3OS+. The molecule has 0 unspecified atom stereocenters. The van der Waals surface area contributed by atoms with E-state index in [-0.39, 0.29) is 11.9 Å². The van der Waals surface area contributed by atoms with Gasteiger partial charge < -0.3 is 15.1 Å². The predicted octanol–water partition coefficient (Wildman–Crippen LogP) is 0.0215. The van der Waals surface area contributed by atoms with Crippen LogP contribution in [0.1, 0.15) is 18.5 Å². The van der Waals surface area contributed by atoms with Gasteiger partial charge in [-0.2, -0.15) is 0 Å². The second kappa shape index (κ2) is 6.81. The van der Waals surface area contributed by atoms with Gasteiger partial charge in [-0.05, 0) is 12.5 Å². The molecule has 0 aliphatic carbocycles. The molecule has 1 aromatic rings. The van der Waals surface area contributed by atoms with Crippen LogP contribution in [0.4, 0.5) is 0 Å². The number of benzene rings is 1. The number of thiocarbonyl (C=S) groups is 1. The molecule has 0 radical (unpaired) electrons. The molecular weight excluding hydrogens is 270 g/mol. The molecule has 1 atom stereocenters. The average Bonchev–Trinajstić information content (AvgIpc) is 2.48. The normalized spacial score (nSPS) is 17.6. The van der Waals surface area contributed by atoms with E-state index in [0.717, 1.165) is 31.7 Å². The molecule has 0 saturated carbocycles. The number of carbonyl (C=O) groups excluding carboxylic acids is 1. The number of nitrogens with one attached hydrogen (secondary N) is 2. The van der Waals surface area contributed by atoms with Crippen LogP contribution in [0, 0.1) is 0 Å². The van der Waals surface area contributed by atoms with Gasteiger partial charge in [0, 0.05) is 0 Å². The van der Waals surface area contributed by atoms with Crippen LogP contribution in [0.25, 0.3) is 0 Å². The van der Waals surface area contributed by atoms with Crippen molar-refractivity contribution in [2.75, 3.05) is 33.2 Å². The quantitative estimate of drug-likeness (QED) is 0.755. The Morgan fingerprint density at radius 1 is 1.30 bits per heavy atom. The van der Waals surface area contributed by atoms with Crippen molar-refractivity contribution in [3.63, 3.8) is 0 Å². The van der Waals surface area contributed by atoms with E-state index in [1.165, 1.54) is 4.90 Å². The lowest BCUT2D eigenvalue weighted by molar-refractivity contribution is -0.883. The third kappa shape index (κ3) is 3.77. The fourth-order valence-corrected chi connectivity index (χ4v) is 2.56. The number of hydrogen-bond acceptors (Lipinski definition) is 2. The summed E-state index contributed by atoms with van der Waals surface area (Å²) in [5.74, 6) is -0.143. The molecule has 20 heavy (non-hydrogen) atoms.